The highest BCUT2D eigenvalue weighted by molar-refractivity contribution is 6.09. The van der Waals surface area contributed by atoms with E-state index in [1.165, 1.54) is 88.7 Å². The van der Waals surface area contributed by atoms with Gasteiger partial charge in [0.05, 0.1) is 5.41 Å². The van der Waals surface area contributed by atoms with E-state index in [1.807, 2.05) is 0 Å². The predicted molar refractivity (Wildman–Crippen MR) is 264 cm³/mol. The van der Waals surface area contributed by atoms with E-state index in [0.29, 0.717) is 0 Å². The van der Waals surface area contributed by atoms with Crippen LogP contribution in [0.1, 0.15) is 47.2 Å². The van der Waals surface area contributed by atoms with Crippen molar-refractivity contribution in [3.05, 3.63) is 270 Å². The lowest BCUT2D eigenvalue weighted by Gasteiger charge is -2.34. The Hall–Kier alpha value is -7.74. The molecule has 0 fully saturated rings. The van der Waals surface area contributed by atoms with Crippen molar-refractivity contribution in [1.82, 2.24) is 0 Å². The molecule has 10 aromatic carbocycles. The quantitative estimate of drug-likeness (QED) is 0.155. The Morgan fingerprint density at radius 3 is 1.57 bits per heavy atom. The molecule has 0 heterocycles. The second-order valence-electron chi connectivity index (χ2n) is 17.6. The van der Waals surface area contributed by atoms with Gasteiger partial charge in [-0.3, -0.25) is 0 Å². The lowest BCUT2D eigenvalue weighted by Crippen LogP contribution is -2.28. The van der Waals surface area contributed by atoms with Crippen molar-refractivity contribution in [2.45, 2.75) is 24.7 Å². The fraction of sp³-hybridized carbons (Fsp3) is 0.0645. The summed E-state index contributed by atoms with van der Waals surface area (Å²) < 4.78 is 0. The van der Waals surface area contributed by atoms with Crippen molar-refractivity contribution in [3.8, 4) is 44.5 Å². The first-order valence-corrected chi connectivity index (χ1v) is 22.1. The third kappa shape index (κ3) is 5.56. The Kier molecular flexibility index (Phi) is 8.49. The zero-order valence-corrected chi connectivity index (χ0v) is 35.5. The molecule has 10 aromatic rings. The molecule has 12 rings (SSSR count). The van der Waals surface area contributed by atoms with Crippen LogP contribution in [0.15, 0.2) is 237 Å². The molecule has 0 unspecified atom stereocenters. The van der Waals surface area contributed by atoms with Gasteiger partial charge in [0.25, 0.3) is 0 Å². The number of hydrogen-bond donors (Lipinski definition) is 0. The van der Waals surface area contributed by atoms with Gasteiger partial charge in [-0.1, -0.05) is 214 Å². The van der Waals surface area contributed by atoms with E-state index in [2.05, 4.69) is 255 Å². The third-order valence-corrected chi connectivity index (χ3v) is 14.0. The highest BCUT2D eigenvalue weighted by Crippen LogP contribution is 2.59. The second-order valence-corrected chi connectivity index (χ2v) is 17.6. The van der Waals surface area contributed by atoms with Gasteiger partial charge in [0, 0.05) is 22.5 Å². The summed E-state index contributed by atoms with van der Waals surface area (Å²) in [6.45, 7) is 4.71. The summed E-state index contributed by atoms with van der Waals surface area (Å²) in [7, 11) is 0. The van der Waals surface area contributed by atoms with Crippen LogP contribution in [0.25, 0.3) is 55.3 Å². The average molecular weight is 804 g/mol. The highest BCUT2D eigenvalue weighted by Gasteiger charge is 2.47. The minimum absolute atomic E-state index is 0.0966. The van der Waals surface area contributed by atoms with E-state index >= 15 is 0 Å². The summed E-state index contributed by atoms with van der Waals surface area (Å²) in [4.78, 5) is 2.40. The van der Waals surface area contributed by atoms with Crippen molar-refractivity contribution in [2.24, 2.45) is 0 Å². The van der Waals surface area contributed by atoms with Crippen LogP contribution in [0.3, 0.4) is 0 Å². The molecule has 0 amide bonds. The monoisotopic (exact) mass is 803 g/mol. The summed E-state index contributed by atoms with van der Waals surface area (Å²) in [5.74, 6) is 0. The molecule has 0 N–H and O–H groups in total. The van der Waals surface area contributed by atoms with Gasteiger partial charge in [0.15, 0.2) is 0 Å². The first kappa shape index (κ1) is 37.1. The van der Waals surface area contributed by atoms with Gasteiger partial charge in [-0.05, 0) is 125 Å². The van der Waals surface area contributed by atoms with E-state index in [4.69, 9.17) is 0 Å². The Morgan fingerprint density at radius 1 is 0.317 bits per heavy atom. The number of para-hydroxylation sites is 1. The first-order chi connectivity index (χ1) is 31.0. The smallest absolute Gasteiger partial charge is 0.0713 e. The minimum Gasteiger partial charge on any atom is -0.310 e. The molecule has 63 heavy (non-hydrogen) atoms. The maximum atomic E-state index is 2.41. The normalized spacial score (nSPS) is 13.8. The van der Waals surface area contributed by atoms with Gasteiger partial charge in [0.1, 0.15) is 0 Å². The molecular weight excluding hydrogens is 759 g/mol. The SMILES string of the molecule is CC1(C)c2ccccc2-c2ccc(N(c3ccccc3)c3ccc(-c4ccc5ccccc5c4-c4cccc5c4-c4ccccc4C5(c4ccccc4)c4ccccc4)cc3)cc21. The van der Waals surface area contributed by atoms with Crippen LogP contribution in [0.5, 0.6) is 0 Å². The van der Waals surface area contributed by atoms with Crippen LogP contribution in [0.4, 0.5) is 17.1 Å². The first-order valence-electron chi connectivity index (χ1n) is 22.1. The van der Waals surface area contributed by atoms with Crippen LogP contribution in [-0.4, -0.2) is 0 Å². The van der Waals surface area contributed by atoms with Gasteiger partial charge in [-0.25, -0.2) is 0 Å². The van der Waals surface area contributed by atoms with E-state index in [1.54, 1.807) is 0 Å². The largest absolute Gasteiger partial charge is 0.310 e. The fourth-order valence-electron chi connectivity index (χ4n) is 11.1. The maximum absolute atomic E-state index is 2.41. The summed E-state index contributed by atoms with van der Waals surface area (Å²) in [6, 6.07) is 87.7. The Bertz CT molecular complexity index is 3310. The topological polar surface area (TPSA) is 3.24 Å². The van der Waals surface area contributed by atoms with Crippen molar-refractivity contribution in [3.63, 3.8) is 0 Å². The number of fused-ring (bicyclic) bond motifs is 7. The molecule has 1 nitrogen and oxygen atoms in total. The summed E-state index contributed by atoms with van der Waals surface area (Å²) >= 11 is 0. The standard InChI is InChI=1S/C62H45N/c1-61(2)55-30-16-14-27-51(55)52-40-38-48(41-58(52)61)63(46-24-10-5-11-25-46)47-36-33-43(34-37-47)50-39-35-42-19-12-13-26-49(42)59(50)54-29-18-32-57-60(54)53-28-15-17-31-56(53)62(57,44-20-6-3-7-21-44)45-22-8-4-9-23-45/h3-41H,1-2H3. The van der Waals surface area contributed by atoms with Crippen LogP contribution in [0.2, 0.25) is 0 Å². The molecule has 298 valence electrons. The molecule has 0 saturated carbocycles. The van der Waals surface area contributed by atoms with E-state index in [9.17, 15) is 0 Å². The summed E-state index contributed by atoms with van der Waals surface area (Å²) in [6.07, 6.45) is 0. The average Bonchev–Trinajstić information content (AvgIpc) is 3.78. The minimum atomic E-state index is -0.479. The van der Waals surface area contributed by atoms with Gasteiger partial charge in [-0.15, -0.1) is 0 Å². The molecular formula is C62H45N. The predicted octanol–water partition coefficient (Wildman–Crippen LogP) is 16.3. The van der Waals surface area contributed by atoms with E-state index in [0.717, 1.165) is 17.1 Å². The number of rotatable bonds is 7. The second kappa shape index (κ2) is 14.4. The molecule has 0 atom stereocenters. The maximum Gasteiger partial charge on any atom is 0.0713 e. The molecule has 0 bridgehead atoms. The molecule has 2 aliphatic carbocycles. The van der Waals surface area contributed by atoms with E-state index < -0.39 is 5.41 Å². The van der Waals surface area contributed by atoms with Crippen LogP contribution >= 0.6 is 0 Å². The Labute approximate surface area is 370 Å². The molecule has 2 aliphatic rings. The molecule has 1 heteroatoms. The van der Waals surface area contributed by atoms with Gasteiger partial charge >= 0.3 is 0 Å². The lowest BCUT2D eigenvalue weighted by molar-refractivity contribution is 0.660. The fourth-order valence-corrected chi connectivity index (χ4v) is 11.1. The van der Waals surface area contributed by atoms with Crippen LogP contribution < -0.4 is 4.90 Å². The van der Waals surface area contributed by atoms with Crippen molar-refractivity contribution >= 4 is 27.8 Å². The summed E-state index contributed by atoms with van der Waals surface area (Å²) in [5, 5.41) is 2.47. The van der Waals surface area contributed by atoms with Crippen molar-refractivity contribution in [1.29, 1.82) is 0 Å². The molecule has 0 saturated heterocycles. The van der Waals surface area contributed by atoms with E-state index in [-0.39, 0.29) is 5.41 Å². The van der Waals surface area contributed by atoms with Gasteiger partial charge in [0.2, 0.25) is 0 Å². The van der Waals surface area contributed by atoms with Crippen molar-refractivity contribution < 1.29 is 0 Å². The Morgan fingerprint density at radius 2 is 0.841 bits per heavy atom. The van der Waals surface area contributed by atoms with Gasteiger partial charge < -0.3 is 4.90 Å². The number of hydrogen-bond acceptors (Lipinski definition) is 1. The van der Waals surface area contributed by atoms with Crippen LogP contribution in [0, 0.1) is 0 Å². The number of anilines is 3. The molecule has 0 aliphatic heterocycles. The number of benzene rings is 10. The zero-order valence-electron chi connectivity index (χ0n) is 35.5. The summed E-state index contributed by atoms with van der Waals surface area (Å²) in [5.41, 5.74) is 20.9. The Balaban J connectivity index is 1.04. The lowest BCUT2D eigenvalue weighted by atomic mass is 9.67. The van der Waals surface area contributed by atoms with Crippen LogP contribution in [-0.2, 0) is 10.8 Å². The molecule has 0 spiro atoms. The van der Waals surface area contributed by atoms with Crippen molar-refractivity contribution in [2.75, 3.05) is 4.90 Å². The molecule has 0 aromatic heterocycles. The molecule has 0 radical (unpaired) electrons. The zero-order chi connectivity index (χ0) is 42.1. The third-order valence-electron chi connectivity index (χ3n) is 14.0. The number of nitrogens with zero attached hydrogens (tertiary/aromatic N) is 1. The highest BCUT2D eigenvalue weighted by atomic mass is 15.1. The van der Waals surface area contributed by atoms with Gasteiger partial charge in [-0.2, -0.15) is 0 Å².